The van der Waals surface area contributed by atoms with E-state index < -0.39 is 26.2 Å². The minimum atomic E-state index is -4.94. The van der Waals surface area contributed by atoms with Gasteiger partial charge in [-0.2, -0.15) is 0 Å². The van der Waals surface area contributed by atoms with Crippen LogP contribution in [-0.2, 0) is 11.9 Å². The second kappa shape index (κ2) is 8.98. The molecule has 0 bridgehead atoms. The highest BCUT2D eigenvalue weighted by molar-refractivity contribution is 7.38. The van der Waals surface area contributed by atoms with Crippen molar-refractivity contribution in [3.63, 3.8) is 0 Å². The Balaban J connectivity index is 0.000000505. The molecule has 0 aliphatic carbocycles. The van der Waals surface area contributed by atoms with Gasteiger partial charge in [-0.1, -0.05) is 38.3 Å². The third-order valence-electron chi connectivity index (χ3n) is 3.23. The first-order valence-corrected chi connectivity index (χ1v) is 9.72. The van der Waals surface area contributed by atoms with Gasteiger partial charge in [-0.25, -0.2) is 18.6 Å². The third kappa shape index (κ3) is 7.33. The summed E-state index contributed by atoms with van der Waals surface area (Å²) in [7, 11) is -6.65. The van der Waals surface area contributed by atoms with Gasteiger partial charge in [0.25, 0.3) is 0 Å². The van der Waals surface area contributed by atoms with Crippen molar-refractivity contribution in [2.24, 2.45) is 0 Å². The molecular formula is C15H18ClF3O4S. The Morgan fingerprint density at radius 2 is 1.58 bits per heavy atom. The molecule has 0 radical (unpaired) electrons. The molecule has 0 fully saturated rings. The molecule has 9 heteroatoms. The molecular weight excluding hydrogens is 369 g/mol. The zero-order valence-corrected chi connectivity index (χ0v) is 14.5. The van der Waals surface area contributed by atoms with Crippen molar-refractivity contribution in [3.05, 3.63) is 35.2 Å². The number of halogens is 4. The number of aryl methyl sites for hydroxylation is 1. The maximum atomic E-state index is 13.2. The molecule has 1 unspecified atom stereocenters. The second-order valence-corrected chi connectivity index (χ2v) is 7.88. The first-order valence-electron chi connectivity index (χ1n) is 7.26. The molecule has 2 aromatic rings. The van der Waals surface area contributed by atoms with Crippen molar-refractivity contribution in [1.82, 2.24) is 0 Å². The average molecular weight is 387 g/mol. The molecule has 2 rings (SSSR count). The summed E-state index contributed by atoms with van der Waals surface area (Å²) in [5.74, 6) is 0. The lowest BCUT2D eigenvalue weighted by molar-refractivity contribution is -2.00. The van der Waals surface area contributed by atoms with E-state index in [-0.39, 0.29) is 0 Å². The van der Waals surface area contributed by atoms with Crippen LogP contribution < -0.4 is 18.6 Å². The van der Waals surface area contributed by atoms with E-state index in [1.165, 1.54) is 0 Å². The fraction of sp³-hybridized carbons (Fsp3) is 0.467. The molecule has 0 saturated carbocycles. The van der Waals surface area contributed by atoms with E-state index in [4.69, 9.17) is 18.6 Å². The fourth-order valence-electron chi connectivity index (χ4n) is 2.33. The second-order valence-electron chi connectivity index (χ2n) is 5.09. The summed E-state index contributed by atoms with van der Waals surface area (Å²) in [6.07, 6.45) is 4.63. The Kier molecular flexibility index (Phi) is 7.91. The molecule has 4 nitrogen and oxygen atoms in total. The van der Waals surface area contributed by atoms with Crippen LogP contribution >= 0.6 is 10.5 Å². The Morgan fingerprint density at radius 1 is 1.00 bits per heavy atom. The van der Waals surface area contributed by atoms with E-state index in [2.05, 4.69) is 6.92 Å². The van der Waals surface area contributed by atoms with Gasteiger partial charge in [0.15, 0.2) is 9.58 Å². The van der Waals surface area contributed by atoms with E-state index >= 15 is 0 Å². The van der Waals surface area contributed by atoms with Gasteiger partial charge >= 0.3 is 5.51 Å². The lowest BCUT2D eigenvalue weighted by Gasteiger charge is -2.17. The van der Waals surface area contributed by atoms with Crippen molar-refractivity contribution in [2.45, 2.75) is 44.5 Å². The van der Waals surface area contributed by atoms with Crippen LogP contribution in [0.4, 0.5) is 13.2 Å². The van der Waals surface area contributed by atoms with Gasteiger partial charge in [0.2, 0.25) is 0 Å². The smallest absolute Gasteiger partial charge is 0.222 e. The van der Waals surface area contributed by atoms with Crippen LogP contribution in [0.25, 0.3) is 10.1 Å². The summed E-state index contributed by atoms with van der Waals surface area (Å²) in [5, 5.41) is 0.744. The van der Waals surface area contributed by atoms with E-state index in [1.807, 2.05) is 0 Å². The Morgan fingerprint density at radius 3 is 2.12 bits per heavy atom. The van der Waals surface area contributed by atoms with Crippen molar-refractivity contribution >= 4 is 20.6 Å². The largest absolute Gasteiger partial charge is 0.600 e. The molecule has 1 heterocycles. The fourth-order valence-corrected chi connectivity index (χ4v) is 4.33. The molecule has 0 spiro atoms. The molecule has 0 amide bonds. The summed E-state index contributed by atoms with van der Waals surface area (Å²) in [6.45, 7) is 2.10. The minimum Gasteiger partial charge on any atom is -0.222 e. The molecule has 24 heavy (non-hydrogen) atoms. The normalized spacial score (nSPS) is 12.9. The molecule has 1 aromatic carbocycles. The van der Waals surface area contributed by atoms with Crippen molar-refractivity contribution in [2.75, 3.05) is 0 Å². The van der Waals surface area contributed by atoms with E-state index in [0.29, 0.717) is 16.0 Å². The number of fused-ring (bicyclic) bond motifs is 1. The number of hydrogen-bond acceptors (Lipinski definition) is 4. The molecule has 0 aliphatic rings. The average Bonchev–Trinajstić information content (AvgIpc) is 2.80. The van der Waals surface area contributed by atoms with Crippen molar-refractivity contribution < 1.29 is 42.1 Å². The summed E-state index contributed by atoms with van der Waals surface area (Å²) in [6, 6.07) is 8.63. The van der Waals surface area contributed by atoms with Crippen LogP contribution in [0.5, 0.6) is 0 Å². The summed E-state index contributed by atoms with van der Waals surface area (Å²) < 4.78 is 74.1. The quantitative estimate of drug-likeness (QED) is 0.574. The van der Waals surface area contributed by atoms with Crippen LogP contribution in [0, 0.1) is 10.2 Å². The Labute approximate surface area is 142 Å². The molecule has 1 aromatic heterocycles. The van der Waals surface area contributed by atoms with Gasteiger partial charge < -0.3 is 0 Å². The van der Waals surface area contributed by atoms with Gasteiger partial charge in [-0.15, -0.1) is 23.4 Å². The van der Waals surface area contributed by atoms with Crippen molar-refractivity contribution in [3.8, 4) is 0 Å². The van der Waals surface area contributed by atoms with Gasteiger partial charge in [0.1, 0.15) is 0 Å². The zero-order chi connectivity index (χ0) is 18.4. The lowest BCUT2D eigenvalue weighted by atomic mass is 10.1. The molecule has 0 N–H and O–H groups in total. The van der Waals surface area contributed by atoms with Crippen LogP contribution in [0.3, 0.4) is 0 Å². The highest BCUT2D eigenvalue weighted by Gasteiger charge is 2.47. The summed E-state index contributed by atoms with van der Waals surface area (Å²) in [5.41, 5.74) is -4.15. The molecule has 136 valence electrons. The number of alkyl halides is 3. The van der Waals surface area contributed by atoms with Crippen LogP contribution in [0.1, 0.15) is 37.5 Å². The first kappa shape index (κ1) is 21.1. The maximum absolute atomic E-state index is 13.2. The number of rotatable bonds is 5. The van der Waals surface area contributed by atoms with E-state index in [1.54, 1.807) is 30.3 Å². The van der Waals surface area contributed by atoms with Gasteiger partial charge in [0, 0.05) is 17.9 Å². The lowest BCUT2D eigenvalue weighted by Crippen LogP contribution is -2.68. The van der Waals surface area contributed by atoms with E-state index in [0.717, 1.165) is 31.1 Å². The Bertz CT molecular complexity index is 632. The predicted octanol–water partition coefficient (Wildman–Crippen LogP) is 1.43. The van der Waals surface area contributed by atoms with Crippen molar-refractivity contribution in [1.29, 1.82) is 0 Å². The van der Waals surface area contributed by atoms with Gasteiger partial charge in [-0.05, 0) is 18.6 Å². The number of thiophene rings is 1. The number of unbranched alkanes of at least 4 members (excludes halogenated alkanes) is 3. The van der Waals surface area contributed by atoms with E-state index in [9.17, 15) is 13.2 Å². The molecule has 0 aliphatic heterocycles. The molecule has 1 atom stereocenters. The number of benzene rings is 1. The predicted molar refractivity (Wildman–Crippen MR) is 75.6 cm³/mol. The Hall–Kier alpha value is -0.900. The zero-order valence-electron chi connectivity index (χ0n) is 13.0. The van der Waals surface area contributed by atoms with Crippen LogP contribution in [-0.4, -0.2) is 0 Å². The standard InChI is InChI=1S/C15H18F3S.ClHO4/c1-2-3-4-5-9-13-11-12-8-6-7-10-14(12)19(13)15(16,17)18;2-1(3,4)5/h6-8,10-11H,2-5,9H2,1H3;(H,2,3,4,5)/q+1;/p-1. The SMILES string of the molecule is CCCCCCc1cc2ccccc2[s+]1C(F)(F)F.[O-][Cl+3]([O-])([O-])[O-]. The molecule has 0 saturated heterocycles. The third-order valence-corrected chi connectivity index (χ3v) is 5.35. The minimum absolute atomic E-state index is 0.445. The van der Waals surface area contributed by atoms with Gasteiger partial charge in [0.05, 0.1) is 10.5 Å². The summed E-state index contributed by atoms with van der Waals surface area (Å²) >= 11 is 0. The highest BCUT2D eigenvalue weighted by atomic mass is 35.7. The van der Waals surface area contributed by atoms with Crippen LogP contribution in [0.2, 0.25) is 0 Å². The van der Waals surface area contributed by atoms with Gasteiger partial charge in [-0.3, -0.25) is 0 Å². The first-order chi connectivity index (χ1) is 11.0. The van der Waals surface area contributed by atoms with Crippen LogP contribution in [0.15, 0.2) is 30.3 Å². The highest BCUT2D eigenvalue weighted by Crippen LogP contribution is 2.51. The summed E-state index contributed by atoms with van der Waals surface area (Å²) in [4.78, 5) is 0.560. The number of hydrogen-bond donors (Lipinski definition) is 0. The topological polar surface area (TPSA) is 92.2 Å². The monoisotopic (exact) mass is 386 g/mol. The maximum Gasteiger partial charge on any atom is 0.600 e.